The second-order valence-electron chi connectivity index (χ2n) is 7.68. The third-order valence-corrected chi connectivity index (χ3v) is 6.87. The standard InChI is InChI=1S/C20H19N7S/c1-26-7-11(6-23-26)12-2-3-13(20-19(12)22-10-28-20)16-4-5-17(25-24-16)27-8-14-15(9-27)18(14)21/h2-7,10,14-15,18H,8-9,21H2,1H3. The lowest BCUT2D eigenvalue weighted by atomic mass is 10.0. The quantitative estimate of drug-likeness (QED) is 0.580. The van der Waals surface area contributed by atoms with Gasteiger partial charge in [0.25, 0.3) is 0 Å². The first-order chi connectivity index (χ1) is 13.7. The molecule has 1 saturated heterocycles. The summed E-state index contributed by atoms with van der Waals surface area (Å²) >= 11 is 1.63. The zero-order valence-electron chi connectivity index (χ0n) is 15.4. The number of nitrogens with two attached hydrogens (primary N) is 1. The van der Waals surface area contributed by atoms with Crippen molar-refractivity contribution in [2.45, 2.75) is 6.04 Å². The van der Waals surface area contributed by atoms with Crippen LogP contribution in [0.2, 0.25) is 0 Å². The van der Waals surface area contributed by atoms with Gasteiger partial charge in [0, 0.05) is 49.1 Å². The van der Waals surface area contributed by atoms with Gasteiger partial charge in [0.1, 0.15) is 0 Å². The number of aryl methyl sites for hydroxylation is 1. The smallest absolute Gasteiger partial charge is 0.151 e. The fourth-order valence-corrected chi connectivity index (χ4v) is 5.18. The lowest BCUT2D eigenvalue weighted by molar-refractivity contribution is 0.729. The van der Waals surface area contributed by atoms with Crippen molar-refractivity contribution in [1.29, 1.82) is 0 Å². The largest absolute Gasteiger partial charge is 0.354 e. The number of piperidine rings is 1. The summed E-state index contributed by atoms with van der Waals surface area (Å²) in [6, 6.07) is 8.72. The molecule has 4 heterocycles. The van der Waals surface area contributed by atoms with Crippen LogP contribution in [0.5, 0.6) is 0 Å². The number of fused-ring (bicyclic) bond motifs is 2. The van der Waals surface area contributed by atoms with Crippen molar-refractivity contribution in [2.75, 3.05) is 18.0 Å². The highest BCUT2D eigenvalue weighted by atomic mass is 32.1. The van der Waals surface area contributed by atoms with E-state index in [1.807, 2.05) is 25.0 Å². The molecule has 0 spiro atoms. The molecule has 140 valence electrons. The Bertz CT molecular complexity index is 1170. The van der Waals surface area contributed by atoms with E-state index in [1.165, 1.54) is 0 Å². The molecule has 7 nitrogen and oxygen atoms in total. The van der Waals surface area contributed by atoms with Gasteiger partial charge < -0.3 is 10.6 Å². The van der Waals surface area contributed by atoms with Crippen LogP contribution in [-0.2, 0) is 7.05 Å². The van der Waals surface area contributed by atoms with E-state index in [0.29, 0.717) is 17.9 Å². The summed E-state index contributed by atoms with van der Waals surface area (Å²) in [6.07, 6.45) is 3.88. The molecule has 2 fully saturated rings. The van der Waals surface area contributed by atoms with Gasteiger partial charge in [-0.15, -0.1) is 21.5 Å². The van der Waals surface area contributed by atoms with E-state index in [4.69, 9.17) is 5.73 Å². The molecular formula is C20H19N7S. The summed E-state index contributed by atoms with van der Waals surface area (Å²) in [4.78, 5) is 6.90. The number of anilines is 1. The molecule has 3 aromatic heterocycles. The van der Waals surface area contributed by atoms with E-state index < -0.39 is 0 Å². The number of aromatic nitrogens is 5. The maximum atomic E-state index is 6.04. The Hall–Kier alpha value is -2.84. The van der Waals surface area contributed by atoms with Crippen molar-refractivity contribution >= 4 is 27.4 Å². The van der Waals surface area contributed by atoms with Crippen molar-refractivity contribution in [2.24, 2.45) is 24.6 Å². The summed E-state index contributed by atoms with van der Waals surface area (Å²) < 4.78 is 2.93. The first-order valence-electron chi connectivity index (χ1n) is 9.39. The van der Waals surface area contributed by atoms with Gasteiger partial charge in [0.05, 0.1) is 27.6 Å². The molecule has 0 amide bonds. The van der Waals surface area contributed by atoms with Crippen LogP contribution < -0.4 is 10.6 Å². The second kappa shape index (κ2) is 5.83. The minimum atomic E-state index is 0.390. The molecule has 2 N–H and O–H groups in total. The van der Waals surface area contributed by atoms with Crippen molar-refractivity contribution in [3.63, 3.8) is 0 Å². The van der Waals surface area contributed by atoms with Gasteiger partial charge in [-0.1, -0.05) is 12.1 Å². The van der Waals surface area contributed by atoms with Gasteiger partial charge in [0.15, 0.2) is 5.82 Å². The third kappa shape index (κ3) is 2.38. The number of hydrogen-bond donors (Lipinski definition) is 1. The van der Waals surface area contributed by atoms with E-state index in [-0.39, 0.29) is 0 Å². The Morgan fingerprint density at radius 2 is 1.89 bits per heavy atom. The second-order valence-corrected chi connectivity index (χ2v) is 8.54. The monoisotopic (exact) mass is 389 g/mol. The lowest BCUT2D eigenvalue weighted by Crippen LogP contribution is -2.28. The molecule has 1 aliphatic heterocycles. The molecule has 6 rings (SSSR count). The number of thiazole rings is 1. The first-order valence-corrected chi connectivity index (χ1v) is 10.3. The van der Waals surface area contributed by atoms with Crippen LogP contribution in [0.1, 0.15) is 0 Å². The van der Waals surface area contributed by atoms with Gasteiger partial charge in [-0.25, -0.2) is 4.98 Å². The topological polar surface area (TPSA) is 85.8 Å². The predicted molar refractivity (Wildman–Crippen MR) is 110 cm³/mol. The maximum Gasteiger partial charge on any atom is 0.151 e. The number of hydrogen-bond acceptors (Lipinski definition) is 7. The number of rotatable bonds is 3. The van der Waals surface area contributed by atoms with Crippen LogP contribution in [0.4, 0.5) is 5.82 Å². The lowest BCUT2D eigenvalue weighted by Gasteiger charge is -2.19. The van der Waals surface area contributed by atoms with Crippen molar-refractivity contribution in [1.82, 2.24) is 25.0 Å². The molecule has 28 heavy (non-hydrogen) atoms. The molecule has 0 radical (unpaired) electrons. The van der Waals surface area contributed by atoms with Gasteiger partial charge in [0.2, 0.25) is 0 Å². The molecule has 2 unspecified atom stereocenters. The Balaban J connectivity index is 1.35. The predicted octanol–water partition coefficient (Wildman–Crippen LogP) is 2.55. The minimum absolute atomic E-state index is 0.390. The highest BCUT2D eigenvalue weighted by molar-refractivity contribution is 7.17. The highest BCUT2D eigenvalue weighted by Crippen LogP contribution is 2.45. The summed E-state index contributed by atoms with van der Waals surface area (Å²) in [7, 11) is 1.92. The van der Waals surface area contributed by atoms with Crippen LogP contribution in [-0.4, -0.2) is 44.1 Å². The zero-order chi connectivity index (χ0) is 18.8. The number of nitrogens with zero attached hydrogens (tertiary/aromatic N) is 6. The molecule has 2 aliphatic rings. The van der Waals surface area contributed by atoms with Gasteiger partial charge in [-0.05, 0) is 24.0 Å². The average molecular weight is 389 g/mol. The summed E-state index contributed by atoms with van der Waals surface area (Å²) in [5.74, 6) is 2.22. The maximum absolute atomic E-state index is 6.04. The molecule has 1 saturated carbocycles. The fourth-order valence-electron chi connectivity index (χ4n) is 4.34. The fraction of sp³-hybridized carbons (Fsp3) is 0.300. The van der Waals surface area contributed by atoms with Gasteiger partial charge >= 0.3 is 0 Å². The van der Waals surface area contributed by atoms with E-state index >= 15 is 0 Å². The molecule has 8 heteroatoms. The summed E-state index contributed by atoms with van der Waals surface area (Å²) in [6.45, 7) is 2.00. The average Bonchev–Trinajstić information content (AvgIpc) is 3.25. The van der Waals surface area contributed by atoms with Crippen LogP contribution in [0.25, 0.3) is 32.6 Å². The van der Waals surface area contributed by atoms with E-state index in [9.17, 15) is 0 Å². The molecule has 4 aromatic rings. The van der Waals surface area contributed by atoms with Crippen molar-refractivity contribution in [3.8, 4) is 22.4 Å². The van der Waals surface area contributed by atoms with Crippen LogP contribution in [0.15, 0.2) is 42.2 Å². The zero-order valence-corrected chi connectivity index (χ0v) is 16.2. The van der Waals surface area contributed by atoms with Gasteiger partial charge in [-0.3, -0.25) is 4.68 Å². The Kier molecular flexibility index (Phi) is 3.36. The Morgan fingerprint density at radius 3 is 2.61 bits per heavy atom. The summed E-state index contributed by atoms with van der Waals surface area (Å²) in [5.41, 5.74) is 13.0. The highest BCUT2D eigenvalue weighted by Gasteiger charge is 2.53. The third-order valence-electron chi connectivity index (χ3n) is 6.01. The molecule has 2 atom stereocenters. The molecule has 1 aromatic carbocycles. The first kappa shape index (κ1) is 16.1. The van der Waals surface area contributed by atoms with E-state index in [0.717, 1.165) is 51.5 Å². The molecule has 0 bridgehead atoms. The summed E-state index contributed by atoms with van der Waals surface area (Å²) in [5, 5.41) is 13.3. The van der Waals surface area contributed by atoms with Crippen LogP contribution >= 0.6 is 11.3 Å². The van der Waals surface area contributed by atoms with Crippen LogP contribution in [0.3, 0.4) is 0 Å². The molecule has 1 aliphatic carbocycles. The minimum Gasteiger partial charge on any atom is -0.354 e. The Labute approximate surface area is 165 Å². The van der Waals surface area contributed by atoms with Crippen molar-refractivity contribution in [3.05, 3.63) is 42.2 Å². The van der Waals surface area contributed by atoms with E-state index in [1.54, 1.807) is 16.0 Å². The normalized spacial score (nSPS) is 23.4. The SMILES string of the molecule is Cn1cc(-c2ccc(-c3ccc(N4CC5C(N)C5C4)nn3)c3scnc23)cn1. The number of benzene rings is 1. The molecular weight excluding hydrogens is 370 g/mol. The Morgan fingerprint density at radius 1 is 1.07 bits per heavy atom. The van der Waals surface area contributed by atoms with Crippen LogP contribution in [0, 0.1) is 11.8 Å². The van der Waals surface area contributed by atoms with E-state index in [2.05, 4.69) is 49.4 Å². The van der Waals surface area contributed by atoms with Crippen molar-refractivity contribution < 1.29 is 0 Å². The van der Waals surface area contributed by atoms with Gasteiger partial charge in [-0.2, -0.15) is 5.10 Å².